The van der Waals surface area contributed by atoms with Crippen LogP contribution in [-0.4, -0.2) is 26.0 Å². The molecule has 118 valence electrons. The minimum Gasteiger partial charge on any atom is -0.481 e. The number of carboxylic acids is 1. The predicted molar refractivity (Wildman–Crippen MR) is 84.6 cm³/mol. The van der Waals surface area contributed by atoms with E-state index in [0.717, 1.165) is 5.56 Å². The summed E-state index contributed by atoms with van der Waals surface area (Å²) >= 11 is 3.22. The average molecular weight is 378 g/mol. The number of sulfonamides is 1. The molecule has 0 fully saturated rings. The quantitative estimate of drug-likeness (QED) is 0.764. The van der Waals surface area contributed by atoms with Gasteiger partial charge in [-0.3, -0.25) is 4.79 Å². The van der Waals surface area contributed by atoms with Gasteiger partial charge in [-0.2, -0.15) is 0 Å². The maximum atomic E-state index is 12.2. The molecule has 0 aliphatic carbocycles. The molecule has 1 rings (SSSR count). The van der Waals surface area contributed by atoms with Crippen LogP contribution in [0.15, 0.2) is 27.6 Å². The first-order valence-corrected chi connectivity index (χ1v) is 8.89. The molecule has 21 heavy (non-hydrogen) atoms. The molecule has 0 aliphatic rings. The van der Waals surface area contributed by atoms with Crippen molar-refractivity contribution in [2.75, 3.05) is 6.54 Å². The Morgan fingerprint density at radius 2 is 2.00 bits per heavy atom. The Bertz CT molecular complexity index is 613. The zero-order valence-electron chi connectivity index (χ0n) is 12.3. The summed E-state index contributed by atoms with van der Waals surface area (Å²) in [4.78, 5) is 11.3. The number of nitrogens with one attached hydrogen (secondary N) is 1. The van der Waals surface area contributed by atoms with Crippen molar-refractivity contribution in [1.82, 2.24) is 4.72 Å². The number of carboxylic acid groups (broad SMARTS) is 1. The van der Waals surface area contributed by atoms with Gasteiger partial charge in [0.1, 0.15) is 0 Å². The van der Waals surface area contributed by atoms with Crippen molar-refractivity contribution in [2.24, 2.45) is 11.8 Å². The summed E-state index contributed by atoms with van der Waals surface area (Å²) in [5.74, 6) is -1.54. The van der Waals surface area contributed by atoms with Crippen molar-refractivity contribution in [3.63, 3.8) is 0 Å². The van der Waals surface area contributed by atoms with Crippen LogP contribution in [0.4, 0.5) is 0 Å². The number of carbonyl (C=O) groups is 1. The Morgan fingerprint density at radius 3 is 2.48 bits per heavy atom. The minimum absolute atomic E-state index is 0.113. The molecule has 1 aromatic carbocycles. The van der Waals surface area contributed by atoms with Gasteiger partial charge in [0.2, 0.25) is 10.0 Å². The Hall–Kier alpha value is -0.920. The minimum atomic E-state index is -3.73. The summed E-state index contributed by atoms with van der Waals surface area (Å²) in [5, 5.41) is 9.14. The normalized spacial score (nSPS) is 13.4. The lowest BCUT2D eigenvalue weighted by Gasteiger charge is -2.16. The Labute approximate surface area is 133 Å². The van der Waals surface area contributed by atoms with Crippen LogP contribution in [-0.2, 0) is 14.8 Å². The van der Waals surface area contributed by atoms with Gasteiger partial charge in [-0.05, 0) is 52.9 Å². The van der Waals surface area contributed by atoms with E-state index in [4.69, 9.17) is 5.11 Å². The molecule has 0 radical (unpaired) electrons. The molecule has 1 atom stereocenters. The van der Waals surface area contributed by atoms with Crippen LogP contribution in [0, 0.1) is 18.8 Å². The molecule has 0 heterocycles. The molecule has 7 heteroatoms. The zero-order chi connectivity index (χ0) is 16.2. The number of aliphatic carboxylic acids is 1. The molecule has 0 amide bonds. The van der Waals surface area contributed by atoms with Gasteiger partial charge in [-0.1, -0.05) is 19.9 Å². The summed E-state index contributed by atoms with van der Waals surface area (Å²) in [7, 11) is -3.73. The van der Waals surface area contributed by atoms with Crippen LogP contribution in [0.3, 0.4) is 0 Å². The molecule has 0 saturated carbocycles. The second-order valence-corrected chi connectivity index (χ2v) is 8.04. The molecule has 0 aromatic heterocycles. The topological polar surface area (TPSA) is 83.5 Å². The fourth-order valence-corrected chi connectivity index (χ4v) is 4.22. The van der Waals surface area contributed by atoms with Crippen molar-refractivity contribution in [3.8, 4) is 0 Å². The van der Waals surface area contributed by atoms with Crippen LogP contribution in [0.1, 0.15) is 25.8 Å². The molecule has 1 aromatic rings. The van der Waals surface area contributed by atoms with Crippen LogP contribution in [0.25, 0.3) is 0 Å². The van der Waals surface area contributed by atoms with Gasteiger partial charge in [-0.25, -0.2) is 13.1 Å². The molecule has 0 spiro atoms. The first-order chi connectivity index (χ1) is 9.63. The summed E-state index contributed by atoms with van der Waals surface area (Å²) in [5.41, 5.74) is 0.934. The molecule has 0 saturated heterocycles. The summed E-state index contributed by atoms with van der Waals surface area (Å²) in [6, 6.07) is 4.90. The maximum Gasteiger partial charge on any atom is 0.307 e. The Morgan fingerprint density at radius 1 is 1.38 bits per heavy atom. The van der Waals surface area contributed by atoms with Gasteiger partial charge >= 0.3 is 5.97 Å². The maximum absolute atomic E-state index is 12.2. The van der Waals surface area contributed by atoms with Crippen molar-refractivity contribution < 1.29 is 18.3 Å². The third-order valence-electron chi connectivity index (χ3n) is 3.00. The smallest absolute Gasteiger partial charge is 0.307 e. The number of hydrogen-bond donors (Lipinski definition) is 2. The number of benzene rings is 1. The van der Waals surface area contributed by atoms with Gasteiger partial charge < -0.3 is 5.11 Å². The van der Waals surface area contributed by atoms with Gasteiger partial charge in [-0.15, -0.1) is 0 Å². The molecule has 0 aliphatic heterocycles. The standard InChI is InChI=1S/C14H20BrNO4S/c1-9(2)6-11(14(17)18)8-16-21(19,20)13-5-4-10(3)7-12(13)15/h4-5,7,9,11,16H,6,8H2,1-3H3,(H,17,18). The van der Waals surface area contributed by atoms with Gasteiger partial charge in [0.25, 0.3) is 0 Å². The van der Waals surface area contributed by atoms with E-state index in [1.165, 1.54) is 6.07 Å². The molecule has 1 unspecified atom stereocenters. The highest BCUT2D eigenvalue weighted by molar-refractivity contribution is 9.10. The van der Waals surface area contributed by atoms with Crippen LogP contribution in [0.2, 0.25) is 0 Å². The zero-order valence-corrected chi connectivity index (χ0v) is 14.7. The largest absolute Gasteiger partial charge is 0.481 e. The van der Waals surface area contributed by atoms with Crippen molar-refractivity contribution in [1.29, 1.82) is 0 Å². The highest BCUT2D eigenvalue weighted by Crippen LogP contribution is 2.23. The van der Waals surface area contributed by atoms with Crippen LogP contribution < -0.4 is 4.72 Å². The van der Waals surface area contributed by atoms with Gasteiger partial charge in [0, 0.05) is 11.0 Å². The monoisotopic (exact) mass is 377 g/mol. The fourth-order valence-electron chi connectivity index (χ4n) is 1.95. The second-order valence-electron chi connectivity index (χ2n) is 5.45. The summed E-state index contributed by atoms with van der Waals surface area (Å²) in [6.45, 7) is 5.55. The van der Waals surface area contributed by atoms with Crippen LogP contribution in [0.5, 0.6) is 0 Å². The first-order valence-electron chi connectivity index (χ1n) is 6.62. The lowest BCUT2D eigenvalue weighted by Crippen LogP contribution is -2.33. The van der Waals surface area contributed by atoms with E-state index in [-0.39, 0.29) is 17.4 Å². The Kier molecular flexibility index (Phi) is 6.37. The van der Waals surface area contributed by atoms with E-state index < -0.39 is 21.9 Å². The lowest BCUT2D eigenvalue weighted by molar-refractivity contribution is -0.142. The fraction of sp³-hybridized carbons (Fsp3) is 0.500. The van der Waals surface area contributed by atoms with E-state index in [9.17, 15) is 13.2 Å². The van der Waals surface area contributed by atoms with E-state index in [2.05, 4.69) is 20.7 Å². The second kappa shape index (κ2) is 7.38. The summed E-state index contributed by atoms with van der Waals surface area (Å²) in [6.07, 6.45) is 0.424. The highest BCUT2D eigenvalue weighted by atomic mass is 79.9. The number of aryl methyl sites for hydroxylation is 1. The predicted octanol–water partition coefficient (Wildman–Crippen LogP) is 2.78. The third-order valence-corrected chi connectivity index (χ3v) is 5.40. The number of halogens is 1. The molecular weight excluding hydrogens is 358 g/mol. The van der Waals surface area contributed by atoms with Gasteiger partial charge in [0.05, 0.1) is 10.8 Å². The molecule has 0 bridgehead atoms. The van der Waals surface area contributed by atoms with Crippen molar-refractivity contribution in [3.05, 3.63) is 28.2 Å². The lowest BCUT2D eigenvalue weighted by atomic mass is 9.98. The average Bonchev–Trinajstić information content (AvgIpc) is 2.33. The van der Waals surface area contributed by atoms with Gasteiger partial charge in [0.15, 0.2) is 0 Å². The van der Waals surface area contributed by atoms with E-state index in [1.807, 2.05) is 20.8 Å². The SMILES string of the molecule is Cc1ccc(S(=O)(=O)NCC(CC(C)C)C(=O)O)c(Br)c1. The van der Waals surface area contributed by atoms with E-state index >= 15 is 0 Å². The van der Waals surface area contributed by atoms with Crippen molar-refractivity contribution >= 4 is 31.9 Å². The number of hydrogen-bond acceptors (Lipinski definition) is 3. The Balaban J connectivity index is 2.87. The molecular formula is C14H20BrNO4S. The first kappa shape index (κ1) is 18.1. The van der Waals surface area contributed by atoms with Crippen molar-refractivity contribution in [2.45, 2.75) is 32.1 Å². The number of rotatable bonds is 7. The molecule has 5 nitrogen and oxygen atoms in total. The third kappa shape index (κ3) is 5.41. The molecule has 2 N–H and O–H groups in total. The van der Waals surface area contributed by atoms with E-state index in [1.54, 1.807) is 12.1 Å². The highest BCUT2D eigenvalue weighted by Gasteiger charge is 2.23. The summed E-state index contributed by atoms with van der Waals surface area (Å²) < 4.78 is 27.3. The van der Waals surface area contributed by atoms with E-state index in [0.29, 0.717) is 10.9 Å². The van der Waals surface area contributed by atoms with Crippen LogP contribution >= 0.6 is 15.9 Å².